The molecule has 0 bridgehead atoms. The Morgan fingerprint density at radius 1 is 0.833 bits per heavy atom. The maximum Gasteiger partial charge on any atom is 0.137 e. The number of aryl methyl sites for hydroxylation is 1. The molecule has 0 N–H and O–H groups in total. The van der Waals surface area contributed by atoms with E-state index in [0.717, 1.165) is 35.4 Å². The number of furan rings is 2. The average molecular weight is 391 g/mol. The van der Waals surface area contributed by atoms with Crippen molar-refractivity contribution in [2.45, 2.75) is 32.7 Å². The van der Waals surface area contributed by atoms with Crippen molar-refractivity contribution in [2.75, 3.05) is 0 Å². The minimum absolute atomic E-state index is 0.319. The molecule has 0 fully saturated rings. The monoisotopic (exact) mass is 391 g/mol. The maximum atomic E-state index is 6.28. The van der Waals surface area contributed by atoms with E-state index in [2.05, 4.69) is 73.0 Å². The topological polar surface area (TPSA) is 31.2 Å². The highest BCUT2D eigenvalue weighted by molar-refractivity contribution is 6.25. The van der Waals surface area contributed by atoms with Crippen molar-refractivity contribution in [3.63, 3.8) is 0 Å². The van der Waals surface area contributed by atoms with Gasteiger partial charge in [-0.15, -0.1) is 0 Å². The summed E-state index contributed by atoms with van der Waals surface area (Å²) < 4.78 is 14.9. The van der Waals surface area contributed by atoms with Gasteiger partial charge in [0.15, 0.2) is 0 Å². The normalized spacial score (nSPS) is 14.2. The van der Waals surface area contributed by atoms with Crippen molar-refractivity contribution < 1.29 is 8.83 Å². The van der Waals surface area contributed by atoms with Crippen molar-refractivity contribution in [2.24, 2.45) is 0 Å². The minimum Gasteiger partial charge on any atom is -0.460 e. The molecule has 3 aromatic carbocycles. The fourth-order valence-electron chi connectivity index (χ4n) is 5.32. The first-order valence-electron chi connectivity index (χ1n) is 10.7. The van der Waals surface area contributed by atoms with Crippen LogP contribution in [-0.4, -0.2) is 4.57 Å². The minimum atomic E-state index is 0.319. The number of aromatic nitrogens is 1. The van der Waals surface area contributed by atoms with Gasteiger partial charge in [-0.1, -0.05) is 30.4 Å². The van der Waals surface area contributed by atoms with E-state index in [1.165, 1.54) is 43.5 Å². The Morgan fingerprint density at radius 3 is 2.63 bits per heavy atom. The Hall–Kier alpha value is -3.46. The Bertz CT molecular complexity index is 1670. The van der Waals surface area contributed by atoms with Crippen LogP contribution in [-0.2, 0) is 6.42 Å². The molecule has 1 aliphatic carbocycles. The van der Waals surface area contributed by atoms with Gasteiger partial charge in [-0.05, 0) is 50.6 Å². The first kappa shape index (κ1) is 16.3. The number of nitrogens with zero attached hydrogens (tertiary/aromatic N) is 1. The SMILES string of the molecule is CC(C)n1c2cc3c4c(oc3cc2c2ccc3oc5ccccc5c3c21)CCC=C4. The number of allylic oxidation sites excluding steroid dienone is 1. The molecule has 3 aromatic heterocycles. The molecule has 3 heteroatoms. The van der Waals surface area contributed by atoms with Crippen LogP contribution in [0.3, 0.4) is 0 Å². The van der Waals surface area contributed by atoms with Crippen LogP contribution in [0.15, 0.2) is 63.4 Å². The standard InChI is InChI=1S/C27H21NO2/c1-15(2)28-21-13-20-16-7-3-5-9-22(16)30-25(20)14-19(21)17-11-12-24-26(27(17)28)18-8-4-6-10-23(18)29-24/h3-4,6-8,10-15H,5,9H2,1-2H3. The van der Waals surface area contributed by atoms with E-state index in [-0.39, 0.29) is 0 Å². The Balaban J connectivity index is 1.73. The van der Waals surface area contributed by atoms with Crippen LogP contribution in [0.5, 0.6) is 0 Å². The molecule has 0 atom stereocenters. The first-order valence-corrected chi connectivity index (χ1v) is 10.7. The third-order valence-corrected chi connectivity index (χ3v) is 6.57. The molecule has 146 valence electrons. The highest BCUT2D eigenvalue weighted by Gasteiger charge is 2.22. The summed E-state index contributed by atoms with van der Waals surface area (Å²) in [4.78, 5) is 0. The summed E-state index contributed by atoms with van der Waals surface area (Å²) in [5.74, 6) is 1.11. The van der Waals surface area contributed by atoms with Crippen LogP contribution in [0.4, 0.5) is 0 Å². The third kappa shape index (κ3) is 1.95. The second-order valence-corrected chi connectivity index (χ2v) is 8.64. The number of para-hydroxylation sites is 1. The molecule has 0 saturated carbocycles. The first-order chi connectivity index (χ1) is 14.7. The largest absolute Gasteiger partial charge is 0.460 e. The summed E-state index contributed by atoms with van der Waals surface area (Å²) in [5, 5.41) is 6.09. The number of rotatable bonds is 1. The van der Waals surface area contributed by atoms with Gasteiger partial charge in [0.2, 0.25) is 0 Å². The molecule has 3 nitrogen and oxygen atoms in total. The number of benzene rings is 3. The lowest BCUT2D eigenvalue weighted by Crippen LogP contribution is -2.00. The Morgan fingerprint density at radius 2 is 1.73 bits per heavy atom. The maximum absolute atomic E-state index is 6.28. The zero-order valence-electron chi connectivity index (χ0n) is 17.0. The van der Waals surface area contributed by atoms with Crippen molar-refractivity contribution in [1.82, 2.24) is 4.57 Å². The second kappa shape index (κ2) is 5.57. The molecular formula is C27H21NO2. The number of hydrogen-bond acceptors (Lipinski definition) is 2. The van der Waals surface area contributed by atoms with Gasteiger partial charge in [-0.2, -0.15) is 0 Å². The lowest BCUT2D eigenvalue weighted by Gasteiger charge is -2.12. The molecule has 0 saturated heterocycles. The van der Waals surface area contributed by atoms with E-state index in [9.17, 15) is 0 Å². The molecule has 0 aliphatic heterocycles. The summed E-state index contributed by atoms with van der Waals surface area (Å²) in [6.45, 7) is 4.52. The quantitative estimate of drug-likeness (QED) is 0.284. The van der Waals surface area contributed by atoms with E-state index < -0.39 is 0 Å². The lowest BCUT2D eigenvalue weighted by atomic mass is 10.0. The van der Waals surface area contributed by atoms with Crippen molar-refractivity contribution in [3.05, 3.63) is 65.9 Å². The summed E-state index contributed by atoms with van der Waals surface area (Å²) in [6, 6.07) is 17.5. The molecule has 1 aliphatic rings. The number of hydrogen-bond donors (Lipinski definition) is 0. The summed E-state index contributed by atoms with van der Waals surface area (Å²) in [7, 11) is 0. The van der Waals surface area contributed by atoms with Gasteiger partial charge >= 0.3 is 0 Å². The van der Waals surface area contributed by atoms with Crippen LogP contribution < -0.4 is 0 Å². The summed E-state index contributed by atoms with van der Waals surface area (Å²) in [6.07, 6.45) is 6.51. The Labute approximate surface area is 173 Å². The van der Waals surface area contributed by atoms with Gasteiger partial charge in [-0.3, -0.25) is 0 Å². The summed E-state index contributed by atoms with van der Waals surface area (Å²) >= 11 is 0. The van der Waals surface area contributed by atoms with Gasteiger partial charge in [0.25, 0.3) is 0 Å². The van der Waals surface area contributed by atoms with Crippen molar-refractivity contribution in [1.29, 1.82) is 0 Å². The smallest absolute Gasteiger partial charge is 0.137 e. The van der Waals surface area contributed by atoms with Gasteiger partial charge in [0.1, 0.15) is 22.5 Å². The highest BCUT2D eigenvalue weighted by Crippen LogP contribution is 2.43. The van der Waals surface area contributed by atoms with Gasteiger partial charge in [0.05, 0.1) is 16.4 Å². The molecular weight excluding hydrogens is 370 g/mol. The molecule has 0 spiro atoms. The molecule has 7 rings (SSSR count). The van der Waals surface area contributed by atoms with Crippen molar-refractivity contribution >= 4 is 60.8 Å². The molecule has 6 aromatic rings. The van der Waals surface area contributed by atoms with Gasteiger partial charge < -0.3 is 13.4 Å². The predicted molar refractivity (Wildman–Crippen MR) is 124 cm³/mol. The molecule has 0 radical (unpaired) electrons. The average Bonchev–Trinajstić information content (AvgIpc) is 3.40. The predicted octanol–water partition coefficient (Wildman–Crippen LogP) is 7.98. The number of fused-ring (bicyclic) bond motifs is 10. The van der Waals surface area contributed by atoms with Gasteiger partial charge in [0, 0.05) is 39.6 Å². The Kier molecular flexibility index (Phi) is 3.04. The van der Waals surface area contributed by atoms with E-state index in [0.29, 0.717) is 6.04 Å². The van der Waals surface area contributed by atoms with E-state index in [1.54, 1.807) is 0 Å². The highest BCUT2D eigenvalue weighted by atomic mass is 16.3. The zero-order valence-corrected chi connectivity index (χ0v) is 17.0. The van der Waals surface area contributed by atoms with Crippen LogP contribution in [0.1, 0.15) is 37.6 Å². The molecule has 30 heavy (non-hydrogen) atoms. The van der Waals surface area contributed by atoms with Gasteiger partial charge in [-0.25, -0.2) is 0 Å². The van der Waals surface area contributed by atoms with Crippen LogP contribution >= 0.6 is 0 Å². The van der Waals surface area contributed by atoms with E-state index in [4.69, 9.17) is 8.83 Å². The van der Waals surface area contributed by atoms with Crippen molar-refractivity contribution in [3.8, 4) is 0 Å². The van der Waals surface area contributed by atoms with E-state index >= 15 is 0 Å². The molecule has 0 unspecified atom stereocenters. The van der Waals surface area contributed by atoms with Crippen LogP contribution in [0, 0.1) is 0 Å². The second-order valence-electron chi connectivity index (χ2n) is 8.64. The third-order valence-electron chi connectivity index (χ3n) is 6.57. The van der Waals surface area contributed by atoms with E-state index in [1.807, 2.05) is 6.07 Å². The molecule has 0 amide bonds. The van der Waals surface area contributed by atoms with Crippen LogP contribution in [0.25, 0.3) is 60.8 Å². The fraction of sp³-hybridized carbons (Fsp3) is 0.185. The zero-order chi connectivity index (χ0) is 20.0. The lowest BCUT2D eigenvalue weighted by molar-refractivity contribution is 0.546. The fourth-order valence-corrected chi connectivity index (χ4v) is 5.32. The van der Waals surface area contributed by atoms with Crippen LogP contribution in [0.2, 0.25) is 0 Å². The molecule has 3 heterocycles. The summed E-state index contributed by atoms with van der Waals surface area (Å²) in [5.41, 5.74) is 6.62.